The summed E-state index contributed by atoms with van der Waals surface area (Å²) in [4.78, 5) is 26.8. The third-order valence-corrected chi connectivity index (χ3v) is 5.17. The highest BCUT2D eigenvalue weighted by molar-refractivity contribution is 6.32. The minimum absolute atomic E-state index is 0.118. The molecule has 0 spiro atoms. The van der Waals surface area contributed by atoms with Crippen LogP contribution in [0.5, 0.6) is 17.2 Å². The molecule has 158 valence electrons. The van der Waals surface area contributed by atoms with Gasteiger partial charge in [0, 0.05) is 13.0 Å². The largest absolute Gasteiger partial charge is 0.479 e. The number of rotatable bonds is 6. The molecule has 0 saturated carbocycles. The van der Waals surface area contributed by atoms with Gasteiger partial charge in [0.15, 0.2) is 11.9 Å². The van der Waals surface area contributed by atoms with Gasteiger partial charge in [-0.05, 0) is 43.3 Å². The second-order valence-electron chi connectivity index (χ2n) is 7.04. The fourth-order valence-electron chi connectivity index (χ4n) is 3.32. The molecule has 0 radical (unpaired) electrons. The van der Waals surface area contributed by atoms with Crippen LogP contribution in [0.15, 0.2) is 72.8 Å². The second kappa shape index (κ2) is 9.10. The van der Waals surface area contributed by atoms with E-state index >= 15 is 0 Å². The van der Waals surface area contributed by atoms with Gasteiger partial charge in [0.1, 0.15) is 11.5 Å². The van der Waals surface area contributed by atoms with E-state index in [1.54, 1.807) is 42.2 Å². The molecule has 31 heavy (non-hydrogen) atoms. The van der Waals surface area contributed by atoms with Gasteiger partial charge in [-0.2, -0.15) is 0 Å². The van der Waals surface area contributed by atoms with Crippen molar-refractivity contribution in [3.05, 3.63) is 77.8 Å². The summed E-state index contributed by atoms with van der Waals surface area (Å²) < 4.78 is 11.5. The molecule has 1 N–H and O–H groups in total. The van der Waals surface area contributed by atoms with Crippen LogP contribution in [0.1, 0.15) is 13.3 Å². The van der Waals surface area contributed by atoms with Gasteiger partial charge in [-0.3, -0.25) is 9.59 Å². The lowest BCUT2D eigenvalue weighted by atomic mass is 10.1. The molecule has 6 nitrogen and oxygen atoms in total. The number of hydrogen-bond acceptors (Lipinski definition) is 4. The van der Waals surface area contributed by atoms with Crippen LogP contribution < -0.4 is 19.7 Å². The number of hydrogen-bond donors (Lipinski definition) is 1. The van der Waals surface area contributed by atoms with Crippen LogP contribution >= 0.6 is 11.6 Å². The topological polar surface area (TPSA) is 67.9 Å². The number of fused-ring (bicyclic) bond motifs is 1. The number of carbonyl (C=O) groups is 2. The average Bonchev–Trinajstić information content (AvgIpc) is 2.77. The lowest BCUT2D eigenvalue weighted by Gasteiger charge is -2.32. The minimum Gasteiger partial charge on any atom is -0.479 e. The Morgan fingerprint density at radius 3 is 2.52 bits per heavy atom. The number of para-hydroxylation sites is 5. The summed E-state index contributed by atoms with van der Waals surface area (Å²) >= 11 is 6.17. The normalized spacial score (nSPS) is 15.1. The number of ether oxygens (including phenoxy) is 2. The van der Waals surface area contributed by atoms with Crippen LogP contribution in [-0.4, -0.2) is 24.5 Å². The van der Waals surface area contributed by atoms with Crippen LogP contribution in [0.4, 0.5) is 11.4 Å². The zero-order valence-electron chi connectivity index (χ0n) is 16.9. The maximum Gasteiger partial charge on any atom is 0.267 e. The first-order valence-electron chi connectivity index (χ1n) is 9.91. The Hall–Kier alpha value is -3.51. The molecule has 3 aromatic rings. The van der Waals surface area contributed by atoms with Crippen LogP contribution in [0, 0.1) is 0 Å². The Balaban J connectivity index is 1.44. The third-order valence-electron chi connectivity index (χ3n) is 4.85. The Morgan fingerprint density at radius 1 is 1.03 bits per heavy atom. The molecule has 1 atom stereocenters. The van der Waals surface area contributed by atoms with Gasteiger partial charge >= 0.3 is 0 Å². The molecule has 0 bridgehead atoms. The lowest BCUT2D eigenvalue weighted by molar-refractivity contribution is -0.125. The maximum atomic E-state index is 12.7. The molecule has 1 unspecified atom stereocenters. The number of halogens is 1. The zero-order chi connectivity index (χ0) is 21.8. The average molecular weight is 437 g/mol. The minimum atomic E-state index is -0.595. The first kappa shape index (κ1) is 20.8. The molecule has 1 aliphatic heterocycles. The van der Waals surface area contributed by atoms with E-state index in [9.17, 15) is 9.59 Å². The van der Waals surface area contributed by atoms with Crippen molar-refractivity contribution in [3.8, 4) is 17.2 Å². The van der Waals surface area contributed by atoms with Crippen LogP contribution in [0.2, 0.25) is 5.02 Å². The van der Waals surface area contributed by atoms with Crippen molar-refractivity contribution in [3.63, 3.8) is 0 Å². The summed E-state index contributed by atoms with van der Waals surface area (Å²) in [7, 11) is 0. The Morgan fingerprint density at radius 2 is 1.71 bits per heavy atom. The van der Waals surface area contributed by atoms with E-state index in [1.807, 2.05) is 42.5 Å². The number of nitrogens with zero attached hydrogens (tertiary/aromatic N) is 1. The summed E-state index contributed by atoms with van der Waals surface area (Å²) in [6.07, 6.45) is -0.476. The molecule has 1 heterocycles. The molecular formula is C24H21ClN2O4. The van der Waals surface area contributed by atoms with E-state index in [2.05, 4.69) is 5.32 Å². The van der Waals surface area contributed by atoms with Crippen LogP contribution in [0.25, 0.3) is 0 Å². The molecular weight excluding hydrogens is 416 g/mol. The van der Waals surface area contributed by atoms with Gasteiger partial charge in [0.2, 0.25) is 5.91 Å². The highest BCUT2D eigenvalue weighted by Crippen LogP contribution is 2.35. The molecule has 7 heteroatoms. The summed E-state index contributed by atoms with van der Waals surface area (Å²) in [6.45, 7) is 1.94. The fraction of sp³-hybridized carbons (Fsp3) is 0.167. The monoisotopic (exact) mass is 436 g/mol. The molecule has 0 aromatic heterocycles. The molecule has 2 amide bonds. The van der Waals surface area contributed by atoms with Crippen molar-refractivity contribution in [1.29, 1.82) is 0 Å². The van der Waals surface area contributed by atoms with Crippen molar-refractivity contribution in [1.82, 2.24) is 0 Å². The summed E-state index contributed by atoms with van der Waals surface area (Å²) in [5.74, 6) is 1.20. The van der Waals surface area contributed by atoms with E-state index in [4.69, 9.17) is 21.1 Å². The van der Waals surface area contributed by atoms with Crippen molar-refractivity contribution < 1.29 is 19.1 Å². The molecule has 0 saturated heterocycles. The van der Waals surface area contributed by atoms with Crippen molar-refractivity contribution in [2.24, 2.45) is 0 Å². The summed E-state index contributed by atoms with van der Waals surface area (Å²) in [5, 5.41) is 3.34. The van der Waals surface area contributed by atoms with E-state index in [-0.39, 0.29) is 24.8 Å². The molecule has 3 aromatic carbocycles. The fourth-order valence-corrected chi connectivity index (χ4v) is 3.49. The number of benzene rings is 3. The lowest BCUT2D eigenvalue weighted by Crippen LogP contribution is -2.45. The Labute approximate surface area is 185 Å². The standard InChI is InChI=1S/C24H21ClN2O4/c1-16-24(29)27(19-10-4-7-13-22(19)30-16)15-14-23(28)26-18-9-3-6-12-21(18)31-20-11-5-2-8-17(20)25/h2-13,16H,14-15H2,1H3,(H,26,28). The van der Waals surface area contributed by atoms with Crippen LogP contribution in [-0.2, 0) is 9.59 Å². The zero-order valence-corrected chi connectivity index (χ0v) is 17.6. The molecule has 4 rings (SSSR count). The first-order chi connectivity index (χ1) is 15.0. The first-order valence-corrected chi connectivity index (χ1v) is 10.3. The predicted molar refractivity (Wildman–Crippen MR) is 120 cm³/mol. The van der Waals surface area contributed by atoms with Gasteiger partial charge < -0.3 is 19.7 Å². The SMILES string of the molecule is CC1Oc2ccccc2N(CCC(=O)Nc2ccccc2Oc2ccccc2Cl)C1=O. The summed E-state index contributed by atoms with van der Waals surface area (Å²) in [6, 6.07) is 21.5. The highest BCUT2D eigenvalue weighted by Gasteiger charge is 2.31. The van der Waals surface area contributed by atoms with Gasteiger partial charge in [-0.1, -0.05) is 48.0 Å². The Bertz CT molecular complexity index is 1120. The quantitative estimate of drug-likeness (QED) is 0.571. The number of nitrogens with one attached hydrogen (secondary N) is 1. The van der Waals surface area contributed by atoms with Gasteiger partial charge in [0.05, 0.1) is 16.4 Å². The molecule has 0 fully saturated rings. The third kappa shape index (κ3) is 4.64. The van der Waals surface area contributed by atoms with Gasteiger partial charge in [-0.25, -0.2) is 0 Å². The van der Waals surface area contributed by atoms with Crippen molar-refractivity contribution in [2.45, 2.75) is 19.4 Å². The van der Waals surface area contributed by atoms with Crippen molar-refractivity contribution in [2.75, 3.05) is 16.8 Å². The smallest absolute Gasteiger partial charge is 0.267 e. The van der Waals surface area contributed by atoms with E-state index in [0.29, 0.717) is 33.6 Å². The van der Waals surface area contributed by atoms with Gasteiger partial charge in [0.25, 0.3) is 5.91 Å². The number of amides is 2. The highest BCUT2D eigenvalue weighted by atomic mass is 35.5. The number of carbonyl (C=O) groups excluding carboxylic acids is 2. The second-order valence-corrected chi connectivity index (χ2v) is 7.45. The van der Waals surface area contributed by atoms with E-state index in [1.165, 1.54) is 0 Å². The van der Waals surface area contributed by atoms with Crippen LogP contribution in [0.3, 0.4) is 0 Å². The molecule has 0 aliphatic carbocycles. The number of anilines is 2. The predicted octanol–water partition coefficient (Wildman–Crippen LogP) is 5.28. The summed E-state index contributed by atoms with van der Waals surface area (Å²) in [5.41, 5.74) is 1.19. The van der Waals surface area contributed by atoms with E-state index < -0.39 is 6.10 Å². The van der Waals surface area contributed by atoms with E-state index in [0.717, 1.165) is 0 Å². The maximum absolute atomic E-state index is 12.7. The van der Waals surface area contributed by atoms with Gasteiger partial charge in [-0.15, -0.1) is 0 Å². The Kier molecular flexibility index (Phi) is 6.09. The van der Waals surface area contributed by atoms with Crippen molar-refractivity contribution >= 4 is 34.8 Å². The molecule has 1 aliphatic rings.